The van der Waals surface area contributed by atoms with E-state index >= 15 is 0 Å². The lowest BCUT2D eigenvalue weighted by molar-refractivity contribution is -0.157. The number of rotatable bonds is 8. The lowest BCUT2D eigenvalue weighted by Crippen LogP contribution is -2.46. The molecule has 1 amide bonds. The summed E-state index contributed by atoms with van der Waals surface area (Å²) in [5.41, 5.74) is 0.225. The normalized spacial score (nSPS) is 13.5. The molecule has 1 aromatic carbocycles. The Morgan fingerprint density at radius 1 is 1.03 bits per heavy atom. The average molecular weight is 424 g/mol. The minimum atomic E-state index is -1.95. The van der Waals surface area contributed by atoms with Gasteiger partial charge in [0.2, 0.25) is 0 Å². The van der Waals surface area contributed by atoms with Gasteiger partial charge >= 0.3 is 12.1 Å². The summed E-state index contributed by atoms with van der Waals surface area (Å²) in [6.07, 6.45) is -0.334. The first-order valence-corrected chi connectivity index (χ1v) is 13.0. The predicted octanol–water partition coefficient (Wildman–Crippen LogP) is 5.04. The molecule has 0 aliphatic rings. The Morgan fingerprint density at radius 3 is 2.14 bits per heavy atom. The fourth-order valence-corrected chi connectivity index (χ4v) is 3.24. The summed E-state index contributed by atoms with van der Waals surface area (Å²) >= 11 is 0. The van der Waals surface area contributed by atoms with Crippen LogP contribution in [0, 0.1) is 0 Å². The lowest BCUT2D eigenvalue weighted by atomic mass is 10.1. The number of nitrogens with one attached hydrogen (secondary N) is 1. The van der Waals surface area contributed by atoms with E-state index in [0.29, 0.717) is 13.0 Å². The Labute approximate surface area is 176 Å². The molecule has 0 bridgehead atoms. The zero-order chi connectivity index (χ0) is 22.3. The van der Waals surface area contributed by atoms with E-state index in [1.165, 1.54) is 0 Å². The van der Waals surface area contributed by atoms with Crippen molar-refractivity contribution < 1.29 is 23.5 Å². The summed E-state index contributed by atoms with van der Waals surface area (Å²) in [5, 5.41) is 2.70. The monoisotopic (exact) mass is 423 g/mol. The minimum absolute atomic E-state index is 0.0659. The largest absolute Gasteiger partial charge is 0.458 e. The van der Waals surface area contributed by atoms with E-state index in [1.54, 1.807) is 20.8 Å². The van der Waals surface area contributed by atoms with E-state index in [2.05, 4.69) is 39.2 Å². The van der Waals surface area contributed by atoms with Crippen LogP contribution in [0.5, 0.6) is 0 Å². The van der Waals surface area contributed by atoms with E-state index < -0.39 is 32.0 Å². The quantitative estimate of drug-likeness (QED) is 0.469. The van der Waals surface area contributed by atoms with E-state index in [9.17, 15) is 9.59 Å². The lowest BCUT2D eigenvalue weighted by Gasteiger charge is -2.36. The standard InChI is InChI=1S/C22H37NO5Si/c1-21(2,3)28-19(24)18(14-15-27-29(7,8)22(4,5)6)23-20(25)26-16-17-12-10-9-11-13-17/h9-13,18H,14-16H2,1-8H3,(H,23,25)/t18-/m1/s1. The van der Waals surface area contributed by atoms with Crippen molar-refractivity contribution in [3.05, 3.63) is 35.9 Å². The Hall–Kier alpha value is -1.86. The highest BCUT2D eigenvalue weighted by molar-refractivity contribution is 6.74. The van der Waals surface area contributed by atoms with Gasteiger partial charge in [-0.2, -0.15) is 0 Å². The molecule has 6 nitrogen and oxygen atoms in total. The Morgan fingerprint density at radius 2 is 1.62 bits per heavy atom. The first kappa shape index (κ1) is 25.2. The second-order valence-electron chi connectivity index (χ2n) is 9.69. The van der Waals surface area contributed by atoms with Gasteiger partial charge in [0, 0.05) is 13.0 Å². The predicted molar refractivity (Wildman–Crippen MR) is 117 cm³/mol. The van der Waals surface area contributed by atoms with Crippen molar-refractivity contribution in [3.8, 4) is 0 Å². The zero-order valence-electron chi connectivity index (χ0n) is 19.1. The molecule has 7 heteroatoms. The van der Waals surface area contributed by atoms with Gasteiger partial charge in [-0.25, -0.2) is 9.59 Å². The molecule has 164 valence electrons. The highest BCUT2D eigenvalue weighted by atomic mass is 28.4. The third kappa shape index (κ3) is 9.45. The summed E-state index contributed by atoms with van der Waals surface area (Å²) in [6, 6.07) is 8.54. The first-order chi connectivity index (χ1) is 13.2. The molecule has 0 aromatic heterocycles. The van der Waals surface area contributed by atoms with Gasteiger partial charge in [-0.15, -0.1) is 0 Å². The molecule has 1 N–H and O–H groups in total. The Balaban J connectivity index is 2.70. The molecule has 0 aliphatic heterocycles. The minimum Gasteiger partial charge on any atom is -0.458 e. The molecule has 0 heterocycles. The smallest absolute Gasteiger partial charge is 0.408 e. The first-order valence-electron chi connectivity index (χ1n) is 10.1. The second kappa shape index (κ2) is 10.3. The number of esters is 1. The molecule has 0 fully saturated rings. The van der Waals surface area contributed by atoms with Crippen molar-refractivity contribution >= 4 is 20.4 Å². The fraction of sp³-hybridized carbons (Fsp3) is 0.636. The van der Waals surface area contributed by atoms with Crippen molar-refractivity contribution in [2.75, 3.05) is 6.61 Å². The van der Waals surface area contributed by atoms with Crippen LogP contribution in [0.4, 0.5) is 4.79 Å². The van der Waals surface area contributed by atoms with E-state index in [0.717, 1.165) is 5.56 Å². The summed E-state index contributed by atoms with van der Waals surface area (Å²) in [5.74, 6) is -0.493. The third-order valence-corrected chi connectivity index (χ3v) is 9.41. The third-order valence-electron chi connectivity index (χ3n) is 4.87. The maximum Gasteiger partial charge on any atom is 0.408 e. The molecule has 0 radical (unpaired) electrons. The van der Waals surface area contributed by atoms with Crippen molar-refractivity contribution in [1.82, 2.24) is 5.32 Å². The van der Waals surface area contributed by atoms with Gasteiger partial charge in [-0.3, -0.25) is 0 Å². The van der Waals surface area contributed by atoms with Crippen LogP contribution in [0.1, 0.15) is 53.5 Å². The van der Waals surface area contributed by atoms with Gasteiger partial charge in [0.05, 0.1) is 0 Å². The number of amides is 1. The number of hydrogen-bond donors (Lipinski definition) is 1. The fourth-order valence-electron chi connectivity index (χ4n) is 2.18. The van der Waals surface area contributed by atoms with Crippen LogP contribution in [-0.4, -0.2) is 38.6 Å². The zero-order valence-corrected chi connectivity index (χ0v) is 20.1. The van der Waals surface area contributed by atoms with Crippen molar-refractivity contribution in [3.63, 3.8) is 0 Å². The highest BCUT2D eigenvalue weighted by Crippen LogP contribution is 2.36. The van der Waals surface area contributed by atoms with Crippen molar-refractivity contribution in [2.24, 2.45) is 0 Å². The summed E-state index contributed by atoms with van der Waals surface area (Å²) in [6.45, 7) is 16.6. The number of benzene rings is 1. The van der Waals surface area contributed by atoms with Crippen molar-refractivity contribution in [2.45, 2.75) is 84.3 Å². The van der Waals surface area contributed by atoms with Gasteiger partial charge in [0.1, 0.15) is 18.2 Å². The van der Waals surface area contributed by atoms with Gasteiger partial charge in [0.25, 0.3) is 0 Å². The second-order valence-corrected chi connectivity index (χ2v) is 14.5. The van der Waals surface area contributed by atoms with Gasteiger partial charge in [-0.1, -0.05) is 51.1 Å². The molecule has 1 aromatic rings. The molecule has 0 spiro atoms. The van der Waals surface area contributed by atoms with Crippen molar-refractivity contribution in [1.29, 1.82) is 0 Å². The maximum absolute atomic E-state index is 12.6. The Bertz CT molecular complexity index is 662. The van der Waals surface area contributed by atoms with E-state index in [-0.39, 0.29) is 11.6 Å². The molecular formula is C22H37NO5Si. The average Bonchev–Trinajstić information content (AvgIpc) is 2.57. The van der Waals surface area contributed by atoms with Crippen LogP contribution in [0.3, 0.4) is 0 Å². The molecule has 1 atom stereocenters. The Kier molecular flexibility index (Phi) is 8.90. The molecular weight excluding hydrogens is 386 g/mol. The molecule has 0 unspecified atom stereocenters. The van der Waals surface area contributed by atoms with E-state index in [1.807, 2.05) is 30.3 Å². The number of carbonyl (C=O) groups is 2. The topological polar surface area (TPSA) is 73.9 Å². The molecule has 0 aliphatic carbocycles. The van der Waals surface area contributed by atoms with Crippen LogP contribution in [-0.2, 0) is 25.3 Å². The van der Waals surface area contributed by atoms with Crippen LogP contribution in [0.25, 0.3) is 0 Å². The molecule has 0 saturated carbocycles. The molecule has 1 rings (SSSR count). The SMILES string of the molecule is CC(C)(C)OC(=O)[C@@H](CCO[Si](C)(C)C(C)(C)C)NC(=O)OCc1ccccc1. The number of ether oxygens (including phenoxy) is 2. The summed E-state index contributed by atoms with van der Waals surface area (Å²) in [7, 11) is -1.95. The number of alkyl carbamates (subject to hydrolysis) is 1. The number of hydrogen-bond acceptors (Lipinski definition) is 5. The summed E-state index contributed by atoms with van der Waals surface area (Å²) < 4.78 is 16.9. The van der Waals surface area contributed by atoms with E-state index in [4.69, 9.17) is 13.9 Å². The van der Waals surface area contributed by atoms with Crippen LogP contribution >= 0.6 is 0 Å². The maximum atomic E-state index is 12.6. The molecule has 0 saturated heterocycles. The summed E-state index contributed by atoms with van der Waals surface area (Å²) in [4.78, 5) is 24.8. The van der Waals surface area contributed by atoms with Crippen LogP contribution in [0.2, 0.25) is 18.1 Å². The van der Waals surface area contributed by atoms with Gasteiger partial charge in [0.15, 0.2) is 8.32 Å². The van der Waals surface area contributed by atoms with Crippen LogP contribution < -0.4 is 5.32 Å². The number of carbonyl (C=O) groups excluding carboxylic acids is 2. The highest BCUT2D eigenvalue weighted by Gasteiger charge is 2.37. The van der Waals surface area contributed by atoms with Gasteiger partial charge < -0.3 is 19.2 Å². The van der Waals surface area contributed by atoms with Gasteiger partial charge in [-0.05, 0) is 44.5 Å². The van der Waals surface area contributed by atoms with Crippen LogP contribution in [0.15, 0.2) is 30.3 Å². The molecule has 29 heavy (non-hydrogen) atoms.